The maximum absolute atomic E-state index is 14.4. The molecule has 9 heteroatoms. The molecule has 0 radical (unpaired) electrons. The number of aromatic nitrogens is 2. The number of carbonyl (C=O) groups is 1. The molecule has 1 amide bonds. The Bertz CT molecular complexity index is 1090. The molecule has 0 aliphatic heterocycles. The summed E-state index contributed by atoms with van der Waals surface area (Å²) in [6.45, 7) is 1.21. The molecule has 0 aliphatic carbocycles. The second kappa shape index (κ2) is 8.93. The van der Waals surface area contributed by atoms with E-state index in [1.807, 2.05) is 0 Å². The van der Waals surface area contributed by atoms with Crippen LogP contribution < -0.4 is 5.32 Å². The second-order valence-corrected chi connectivity index (χ2v) is 7.15. The molecular formula is C21H16Cl2F3N3O. The van der Waals surface area contributed by atoms with Crippen molar-refractivity contribution in [1.29, 1.82) is 0 Å². The lowest BCUT2D eigenvalue weighted by atomic mass is 10.0. The van der Waals surface area contributed by atoms with Gasteiger partial charge in [-0.2, -0.15) is 13.9 Å². The zero-order chi connectivity index (χ0) is 21.9. The van der Waals surface area contributed by atoms with Crippen LogP contribution in [0.3, 0.4) is 0 Å². The second-order valence-electron chi connectivity index (χ2n) is 6.34. The van der Waals surface area contributed by atoms with Crippen molar-refractivity contribution in [1.82, 2.24) is 9.78 Å². The molecule has 0 aliphatic rings. The average molecular weight is 454 g/mol. The number of rotatable bonds is 6. The van der Waals surface area contributed by atoms with Crippen LogP contribution in [0.15, 0.2) is 60.8 Å². The third kappa shape index (κ3) is 4.68. The number of amides is 1. The minimum Gasteiger partial charge on any atom is -0.305 e. The van der Waals surface area contributed by atoms with Crippen molar-refractivity contribution < 1.29 is 18.0 Å². The smallest absolute Gasteiger partial charge is 0.292 e. The molecule has 0 unspecified atom stereocenters. The van der Waals surface area contributed by atoms with Gasteiger partial charge in [-0.15, -0.1) is 0 Å². The van der Waals surface area contributed by atoms with E-state index < -0.39 is 23.2 Å². The van der Waals surface area contributed by atoms with E-state index >= 15 is 0 Å². The summed E-state index contributed by atoms with van der Waals surface area (Å²) in [5, 5.41) is 6.98. The van der Waals surface area contributed by atoms with Gasteiger partial charge in [-0.1, -0.05) is 47.5 Å². The Morgan fingerprint density at radius 1 is 1.17 bits per heavy atom. The van der Waals surface area contributed by atoms with E-state index in [-0.39, 0.29) is 33.5 Å². The lowest BCUT2D eigenvalue weighted by Gasteiger charge is -2.17. The number of carbonyl (C=O) groups excluding carboxylic acids is 1. The summed E-state index contributed by atoms with van der Waals surface area (Å²) in [4.78, 5) is 12.4. The minimum atomic E-state index is -3.34. The van der Waals surface area contributed by atoms with Crippen molar-refractivity contribution in [2.24, 2.45) is 0 Å². The third-order valence-corrected chi connectivity index (χ3v) is 4.88. The normalized spacial score (nSPS) is 11.8. The van der Waals surface area contributed by atoms with Gasteiger partial charge in [-0.25, -0.2) is 4.39 Å². The number of anilines is 1. The zero-order valence-electron chi connectivity index (χ0n) is 15.7. The van der Waals surface area contributed by atoms with Crippen LogP contribution in [-0.4, -0.2) is 15.7 Å². The highest BCUT2D eigenvalue weighted by molar-refractivity contribution is 6.40. The number of nitrogens with one attached hydrogen (secondary N) is 1. The summed E-state index contributed by atoms with van der Waals surface area (Å²) in [5.74, 6) is -4.56. The van der Waals surface area contributed by atoms with Crippen LogP contribution in [-0.2, 0) is 12.5 Å². The van der Waals surface area contributed by atoms with Crippen LogP contribution >= 0.6 is 23.2 Å². The van der Waals surface area contributed by atoms with E-state index in [9.17, 15) is 18.0 Å². The zero-order valence-corrected chi connectivity index (χ0v) is 17.2. The Balaban J connectivity index is 1.84. The lowest BCUT2D eigenvalue weighted by Crippen LogP contribution is -2.17. The molecule has 0 spiro atoms. The van der Waals surface area contributed by atoms with Crippen molar-refractivity contribution in [2.75, 3.05) is 5.32 Å². The fourth-order valence-electron chi connectivity index (χ4n) is 2.90. The van der Waals surface area contributed by atoms with Gasteiger partial charge in [0.1, 0.15) is 5.82 Å². The van der Waals surface area contributed by atoms with Gasteiger partial charge in [-0.05, 0) is 31.2 Å². The molecule has 3 rings (SSSR count). The quantitative estimate of drug-likeness (QED) is 0.445. The summed E-state index contributed by atoms with van der Waals surface area (Å²) < 4.78 is 44.3. The molecule has 4 nitrogen and oxygen atoms in total. The van der Waals surface area contributed by atoms with Crippen molar-refractivity contribution in [2.45, 2.75) is 19.4 Å². The van der Waals surface area contributed by atoms with Crippen molar-refractivity contribution in [3.8, 4) is 0 Å². The number of hydrogen-bond acceptors (Lipinski definition) is 2. The van der Waals surface area contributed by atoms with E-state index in [1.165, 1.54) is 54.2 Å². The molecule has 0 saturated carbocycles. The molecule has 0 saturated heterocycles. The van der Waals surface area contributed by atoms with Crippen molar-refractivity contribution in [3.63, 3.8) is 0 Å². The predicted molar refractivity (Wildman–Crippen MR) is 111 cm³/mol. The highest BCUT2D eigenvalue weighted by Gasteiger charge is 2.31. The van der Waals surface area contributed by atoms with Gasteiger partial charge in [0.05, 0.1) is 22.2 Å². The van der Waals surface area contributed by atoms with Gasteiger partial charge >= 0.3 is 0 Å². The first-order chi connectivity index (χ1) is 14.2. The van der Waals surface area contributed by atoms with E-state index in [4.69, 9.17) is 23.2 Å². The first-order valence-corrected chi connectivity index (χ1v) is 9.57. The molecule has 0 bridgehead atoms. The highest BCUT2D eigenvalue weighted by atomic mass is 35.5. The Kier molecular flexibility index (Phi) is 6.53. The van der Waals surface area contributed by atoms with Crippen LogP contribution in [0.1, 0.15) is 28.4 Å². The Hall–Kier alpha value is -2.77. The van der Waals surface area contributed by atoms with Gasteiger partial charge in [0.25, 0.3) is 11.8 Å². The largest absolute Gasteiger partial charge is 0.305 e. The van der Waals surface area contributed by atoms with Crippen molar-refractivity contribution >= 4 is 34.9 Å². The highest BCUT2D eigenvalue weighted by Crippen LogP contribution is 2.33. The van der Waals surface area contributed by atoms with Crippen molar-refractivity contribution in [3.05, 3.63) is 93.4 Å². The Labute approximate surface area is 180 Å². The minimum absolute atomic E-state index is 0.0813. The van der Waals surface area contributed by atoms with Gasteiger partial charge in [0, 0.05) is 23.4 Å². The topological polar surface area (TPSA) is 46.9 Å². The van der Waals surface area contributed by atoms with E-state index in [0.29, 0.717) is 6.08 Å². The van der Waals surface area contributed by atoms with Gasteiger partial charge in [0.15, 0.2) is 5.82 Å². The predicted octanol–water partition coefficient (Wildman–Crippen LogP) is 6.30. The molecule has 1 aromatic heterocycles. The number of nitrogens with zero attached hydrogens (tertiary/aromatic N) is 2. The summed E-state index contributed by atoms with van der Waals surface area (Å²) in [6.07, 6.45) is 3.34. The Morgan fingerprint density at radius 2 is 1.83 bits per heavy atom. The molecule has 3 aromatic rings. The summed E-state index contributed by atoms with van der Waals surface area (Å²) in [6, 6.07) is 9.60. The van der Waals surface area contributed by atoms with Gasteiger partial charge < -0.3 is 5.32 Å². The monoisotopic (exact) mass is 453 g/mol. The SMILES string of the molecule is CC=CC(F)(F)c1cccc(F)c1Cn1ccc(NC(=O)c2c(Cl)cccc2Cl)n1. The van der Waals surface area contributed by atoms with Crippen LogP contribution in [0.4, 0.5) is 19.0 Å². The first-order valence-electron chi connectivity index (χ1n) is 8.81. The fraction of sp³-hybridized carbons (Fsp3) is 0.143. The van der Waals surface area contributed by atoms with E-state index in [2.05, 4.69) is 10.4 Å². The molecule has 1 N–H and O–H groups in total. The summed E-state index contributed by atoms with van der Waals surface area (Å²) >= 11 is 12.0. The van der Waals surface area contributed by atoms with Crippen LogP contribution in [0.5, 0.6) is 0 Å². The van der Waals surface area contributed by atoms with Crippen LogP contribution in [0.25, 0.3) is 0 Å². The van der Waals surface area contributed by atoms with Crippen LogP contribution in [0.2, 0.25) is 10.0 Å². The molecule has 30 heavy (non-hydrogen) atoms. The molecule has 2 aromatic carbocycles. The number of benzene rings is 2. The number of alkyl halides is 2. The molecule has 0 atom stereocenters. The van der Waals surface area contributed by atoms with E-state index in [0.717, 1.165) is 6.07 Å². The van der Waals surface area contributed by atoms with Gasteiger partial charge in [-0.3, -0.25) is 9.48 Å². The Morgan fingerprint density at radius 3 is 2.50 bits per heavy atom. The molecule has 0 fully saturated rings. The van der Waals surface area contributed by atoms with Crippen LogP contribution in [0, 0.1) is 5.82 Å². The summed E-state index contributed by atoms with van der Waals surface area (Å²) in [5.41, 5.74) is -0.571. The maximum atomic E-state index is 14.4. The third-order valence-electron chi connectivity index (χ3n) is 4.25. The number of hydrogen-bond donors (Lipinski definition) is 1. The number of allylic oxidation sites excluding steroid dienone is 2. The number of halogens is 5. The molecular weight excluding hydrogens is 438 g/mol. The fourth-order valence-corrected chi connectivity index (χ4v) is 3.47. The maximum Gasteiger partial charge on any atom is 0.292 e. The average Bonchev–Trinajstić information content (AvgIpc) is 3.10. The standard InChI is InChI=1S/C21H16Cl2F3N3O/c1-2-10-21(25,26)14-5-3-8-17(24)13(14)12-29-11-9-18(28-29)27-20(30)19-15(22)6-4-7-16(19)23/h2-11H,12H2,1H3,(H,27,28,30). The van der Waals surface area contributed by atoms with Gasteiger partial charge in [0.2, 0.25) is 0 Å². The van der Waals surface area contributed by atoms with E-state index in [1.54, 1.807) is 6.07 Å². The summed E-state index contributed by atoms with van der Waals surface area (Å²) in [7, 11) is 0. The first kappa shape index (κ1) is 21.9. The molecule has 156 valence electrons. The molecule has 1 heterocycles. The lowest BCUT2D eigenvalue weighted by molar-refractivity contribution is 0.0504.